The molecule has 0 rings (SSSR count). The number of nitrogens with one attached hydrogen (secondary N) is 1. The molecular formula is C6H9F2NO. The van der Waals surface area contributed by atoms with Crippen LogP contribution in [0.15, 0.2) is 12.7 Å². The standard InChI is InChI=1S/C6H9F2NO/c1-2-3-4-9-6(10)5(7)8/h2,5H,1,3-4H2,(H,9,10). The zero-order valence-corrected chi connectivity index (χ0v) is 5.44. The Kier molecular flexibility index (Phi) is 4.45. The predicted molar refractivity (Wildman–Crippen MR) is 33.8 cm³/mol. The summed E-state index contributed by atoms with van der Waals surface area (Å²) in [5.74, 6) is -1.22. The van der Waals surface area contributed by atoms with Gasteiger partial charge in [0.25, 0.3) is 5.91 Å². The molecule has 10 heavy (non-hydrogen) atoms. The Hall–Kier alpha value is -0.930. The van der Waals surface area contributed by atoms with E-state index < -0.39 is 12.3 Å². The maximum Gasteiger partial charge on any atom is 0.315 e. The molecule has 0 atom stereocenters. The second kappa shape index (κ2) is 4.90. The van der Waals surface area contributed by atoms with E-state index in [4.69, 9.17) is 0 Å². The van der Waals surface area contributed by atoms with Crippen molar-refractivity contribution in [2.75, 3.05) is 6.54 Å². The highest BCUT2D eigenvalue weighted by atomic mass is 19.3. The van der Waals surface area contributed by atoms with E-state index in [2.05, 4.69) is 6.58 Å². The summed E-state index contributed by atoms with van der Waals surface area (Å²) in [4.78, 5) is 10.1. The van der Waals surface area contributed by atoms with E-state index in [0.29, 0.717) is 6.42 Å². The van der Waals surface area contributed by atoms with Crippen molar-refractivity contribution in [1.29, 1.82) is 0 Å². The molecule has 1 N–H and O–H groups in total. The monoisotopic (exact) mass is 149 g/mol. The lowest BCUT2D eigenvalue weighted by Gasteiger charge is -1.99. The maximum atomic E-state index is 11.4. The van der Waals surface area contributed by atoms with E-state index in [9.17, 15) is 13.6 Å². The van der Waals surface area contributed by atoms with E-state index in [1.807, 2.05) is 5.32 Å². The van der Waals surface area contributed by atoms with Crippen LogP contribution in [0.1, 0.15) is 6.42 Å². The normalized spacial score (nSPS) is 9.50. The Labute approximate surface area is 57.9 Å². The summed E-state index contributed by atoms with van der Waals surface area (Å²) >= 11 is 0. The molecule has 0 bridgehead atoms. The van der Waals surface area contributed by atoms with Gasteiger partial charge in [0.05, 0.1) is 0 Å². The van der Waals surface area contributed by atoms with Gasteiger partial charge in [0.2, 0.25) is 0 Å². The minimum Gasteiger partial charge on any atom is -0.351 e. The molecular weight excluding hydrogens is 140 g/mol. The molecule has 0 saturated carbocycles. The van der Waals surface area contributed by atoms with Crippen LogP contribution in [0.5, 0.6) is 0 Å². The van der Waals surface area contributed by atoms with Crippen molar-refractivity contribution in [3.8, 4) is 0 Å². The molecule has 0 aliphatic rings. The molecule has 0 aliphatic carbocycles. The SMILES string of the molecule is C=CCCNC(=O)C(F)F. The lowest BCUT2D eigenvalue weighted by Crippen LogP contribution is -2.29. The predicted octanol–water partition coefficient (Wildman–Crippen LogP) is 0.944. The lowest BCUT2D eigenvalue weighted by atomic mass is 10.4. The molecule has 0 saturated heterocycles. The van der Waals surface area contributed by atoms with Crippen LogP contribution in [0.2, 0.25) is 0 Å². The van der Waals surface area contributed by atoms with E-state index >= 15 is 0 Å². The molecule has 58 valence electrons. The van der Waals surface area contributed by atoms with Gasteiger partial charge in [-0.05, 0) is 6.42 Å². The molecule has 4 heteroatoms. The van der Waals surface area contributed by atoms with Gasteiger partial charge in [-0.15, -0.1) is 6.58 Å². The molecule has 0 aliphatic heterocycles. The Morgan fingerprint density at radius 3 is 2.70 bits per heavy atom. The number of halogens is 2. The first-order valence-electron chi connectivity index (χ1n) is 2.85. The van der Waals surface area contributed by atoms with Crippen LogP contribution >= 0.6 is 0 Å². The summed E-state index contributed by atoms with van der Waals surface area (Å²) in [6, 6.07) is 0. The molecule has 0 aromatic rings. The Morgan fingerprint density at radius 2 is 2.30 bits per heavy atom. The third-order valence-corrected chi connectivity index (χ3v) is 0.846. The highest BCUT2D eigenvalue weighted by Crippen LogP contribution is 1.90. The number of amides is 1. The summed E-state index contributed by atoms with van der Waals surface area (Å²) < 4.78 is 22.8. The van der Waals surface area contributed by atoms with Gasteiger partial charge in [-0.2, -0.15) is 8.78 Å². The van der Waals surface area contributed by atoms with Crippen molar-refractivity contribution in [2.24, 2.45) is 0 Å². The number of hydrogen-bond acceptors (Lipinski definition) is 1. The van der Waals surface area contributed by atoms with Crippen LogP contribution in [0.25, 0.3) is 0 Å². The fourth-order valence-electron chi connectivity index (χ4n) is 0.375. The van der Waals surface area contributed by atoms with Gasteiger partial charge in [-0.1, -0.05) is 6.08 Å². The topological polar surface area (TPSA) is 29.1 Å². The molecule has 0 aromatic heterocycles. The third kappa shape index (κ3) is 4.00. The molecule has 0 unspecified atom stereocenters. The first-order valence-corrected chi connectivity index (χ1v) is 2.85. The number of alkyl halides is 2. The second-order valence-electron chi connectivity index (χ2n) is 1.67. The van der Waals surface area contributed by atoms with Crippen LogP contribution in [-0.2, 0) is 4.79 Å². The van der Waals surface area contributed by atoms with Crippen molar-refractivity contribution >= 4 is 5.91 Å². The number of carbonyl (C=O) groups excluding carboxylic acids is 1. The van der Waals surface area contributed by atoms with E-state index in [0.717, 1.165) is 0 Å². The van der Waals surface area contributed by atoms with Crippen LogP contribution < -0.4 is 5.32 Å². The minimum atomic E-state index is -2.91. The summed E-state index contributed by atoms with van der Waals surface area (Å²) in [5, 5.41) is 2.02. The first kappa shape index (κ1) is 9.07. The van der Waals surface area contributed by atoms with Crippen molar-refractivity contribution in [2.45, 2.75) is 12.8 Å². The number of hydrogen-bond donors (Lipinski definition) is 1. The highest BCUT2D eigenvalue weighted by Gasteiger charge is 2.12. The minimum absolute atomic E-state index is 0.229. The van der Waals surface area contributed by atoms with Crippen molar-refractivity contribution in [3.05, 3.63) is 12.7 Å². The fraction of sp³-hybridized carbons (Fsp3) is 0.500. The van der Waals surface area contributed by atoms with Gasteiger partial charge in [0, 0.05) is 6.54 Å². The first-order chi connectivity index (χ1) is 4.68. The summed E-state index contributed by atoms with van der Waals surface area (Å²) in [5.41, 5.74) is 0. The fourth-order valence-corrected chi connectivity index (χ4v) is 0.375. The third-order valence-electron chi connectivity index (χ3n) is 0.846. The van der Waals surface area contributed by atoms with Crippen LogP contribution in [0, 0.1) is 0 Å². The van der Waals surface area contributed by atoms with Crippen molar-refractivity contribution in [1.82, 2.24) is 5.32 Å². The van der Waals surface area contributed by atoms with Crippen LogP contribution in [-0.4, -0.2) is 18.9 Å². The average molecular weight is 149 g/mol. The van der Waals surface area contributed by atoms with Crippen LogP contribution in [0.4, 0.5) is 8.78 Å². The Bertz CT molecular complexity index is 125. The smallest absolute Gasteiger partial charge is 0.315 e. The Balaban J connectivity index is 3.30. The van der Waals surface area contributed by atoms with E-state index in [-0.39, 0.29) is 6.54 Å². The molecule has 0 fully saturated rings. The molecule has 0 aromatic carbocycles. The number of carbonyl (C=O) groups is 1. The van der Waals surface area contributed by atoms with Gasteiger partial charge in [0.1, 0.15) is 0 Å². The molecule has 1 amide bonds. The van der Waals surface area contributed by atoms with Crippen molar-refractivity contribution in [3.63, 3.8) is 0 Å². The summed E-state index contributed by atoms with van der Waals surface area (Å²) in [7, 11) is 0. The zero-order chi connectivity index (χ0) is 7.98. The second-order valence-corrected chi connectivity index (χ2v) is 1.67. The maximum absolute atomic E-state index is 11.4. The average Bonchev–Trinajstić information content (AvgIpc) is 1.88. The highest BCUT2D eigenvalue weighted by molar-refractivity contribution is 5.78. The van der Waals surface area contributed by atoms with Crippen molar-refractivity contribution < 1.29 is 13.6 Å². The van der Waals surface area contributed by atoms with Crippen LogP contribution in [0.3, 0.4) is 0 Å². The summed E-state index contributed by atoms with van der Waals surface area (Å²) in [6.07, 6.45) is -0.852. The number of rotatable bonds is 4. The molecule has 2 nitrogen and oxygen atoms in total. The molecule has 0 spiro atoms. The van der Waals surface area contributed by atoms with E-state index in [1.54, 1.807) is 6.08 Å². The molecule has 0 radical (unpaired) electrons. The lowest BCUT2D eigenvalue weighted by molar-refractivity contribution is -0.131. The van der Waals surface area contributed by atoms with Gasteiger partial charge in [0.15, 0.2) is 0 Å². The zero-order valence-electron chi connectivity index (χ0n) is 5.44. The van der Waals surface area contributed by atoms with Gasteiger partial charge in [-0.3, -0.25) is 4.79 Å². The molecule has 0 heterocycles. The van der Waals surface area contributed by atoms with E-state index in [1.165, 1.54) is 0 Å². The van der Waals surface area contributed by atoms with Gasteiger partial charge < -0.3 is 5.32 Å². The van der Waals surface area contributed by atoms with Gasteiger partial charge in [-0.25, -0.2) is 0 Å². The quantitative estimate of drug-likeness (QED) is 0.468. The summed E-state index contributed by atoms with van der Waals surface area (Å²) in [6.45, 7) is 3.59. The Morgan fingerprint density at radius 1 is 1.70 bits per heavy atom. The largest absolute Gasteiger partial charge is 0.351 e. The van der Waals surface area contributed by atoms with Gasteiger partial charge >= 0.3 is 6.43 Å².